The summed E-state index contributed by atoms with van der Waals surface area (Å²) in [5, 5.41) is 5.51. The third-order valence-corrected chi connectivity index (χ3v) is 4.25. The molecule has 0 unspecified atom stereocenters. The summed E-state index contributed by atoms with van der Waals surface area (Å²) in [4.78, 5) is 17.3. The molecular weight excluding hydrogens is 258 g/mol. The lowest BCUT2D eigenvalue weighted by Gasteiger charge is -2.27. The van der Waals surface area contributed by atoms with Crippen molar-refractivity contribution in [1.82, 2.24) is 15.2 Å². The van der Waals surface area contributed by atoms with Gasteiger partial charge in [0.25, 0.3) is 0 Å². The summed E-state index contributed by atoms with van der Waals surface area (Å²) in [6, 6.07) is 10.3. The number of hydrogen-bond donors (Lipinski definition) is 2. The highest BCUT2D eigenvalue weighted by molar-refractivity contribution is 7.99. The molecule has 1 aliphatic heterocycles. The largest absolute Gasteiger partial charge is 0.350 e. The number of thioether (sulfide) groups is 1. The predicted molar refractivity (Wildman–Crippen MR) is 78.5 cm³/mol. The predicted octanol–water partition coefficient (Wildman–Crippen LogP) is 1.69. The molecule has 100 valence electrons. The van der Waals surface area contributed by atoms with Gasteiger partial charge in [-0.15, -0.1) is 0 Å². The first-order valence-corrected chi connectivity index (χ1v) is 7.50. The number of aromatic amines is 1. The lowest BCUT2D eigenvalue weighted by Crippen LogP contribution is -2.47. The van der Waals surface area contributed by atoms with Crippen LogP contribution in [0.1, 0.15) is 0 Å². The standard InChI is InChI=1S/C14H17N3OS/c18-14(17-7-5-15-6-8-17)10-19-13-9-11-3-1-2-4-12(11)16-13/h1-4,9,15-16H,5-8,10H2. The van der Waals surface area contributed by atoms with Crippen molar-refractivity contribution < 1.29 is 4.79 Å². The highest BCUT2D eigenvalue weighted by Crippen LogP contribution is 2.23. The monoisotopic (exact) mass is 275 g/mol. The number of fused-ring (bicyclic) bond motifs is 1. The van der Waals surface area contributed by atoms with Crippen molar-refractivity contribution >= 4 is 28.6 Å². The number of benzene rings is 1. The molecular formula is C14H17N3OS. The molecule has 0 saturated carbocycles. The van der Waals surface area contributed by atoms with Gasteiger partial charge in [0.2, 0.25) is 5.91 Å². The van der Waals surface area contributed by atoms with E-state index in [9.17, 15) is 4.79 Å². The van der Waals surface area contributed by atoms with Gasteiger partial charge < -0.3 is 15.2 Å². The van der Waals surface area contributed by atoms with Crippen LogP contribution in [0, 0.1) is 0 Å². The van der Waals surface area contributed by atoms with Gasteiger partial charge >= 0.3 is 0 Å². The Morgan fingerprint density at radius 3 is 2.84 bits per heavy atom. The molecule has 0 spiro atoms. The lowest BCUT2D eigenvalue weighted by atomic mass is 10.3. The zero-order chi connectivity index (χ0) is 13.1. The fourth-order valence-electron chi connectivity index (χ4n) is 2.27. The summed E-state index contributed by atoms with van der Waals surface area (Å²) in [5.41, 5.74) is 1.12. The highest BCUT2D eigenvalue weighted by atomic mass is 32.2. The quantitative estimate of drug-likeness (QED) is 0.838. The Kier molecular flexibility index (Phi) is 3.75. The molecule has 2 heterocycles. The van der Waals surface area contributed by atoms with Gasteiger partial charge in [-0.25, -0.2) is 0 Å². The number of carbonyl (C=O) groups is 1. The Hall–Kier alpha value is -1.46. The van der Waals surface area contributed by atoms with Gasteiger partial charge in [0.15, 0.2) is 0 Å². The summed E-state index contributed by atoms with van der Waals surface area (Å²) < 4.78 is 0. The average molecular weight is 275 g/mol. The number of nitrogens with zero attached hydrogens (tertiary/aromatic N) is 1. The van der Waals surface area contributed by atoms with Crippen molar-refractivity contribution in [2.75, 3.05) is 31.9 Å². The number of H-pyrrole nitrogens is 1. The average Bonchev–Trinajstić information content (AvgIpc) is 2.88. The first-order chi connectivity index (χ1) is 9.33. The minimum absolute atomic E-state index is 0.227. The fraction of sp³-hybridized carbons (Fsp3) is 0.357. The SMILES string of the molecule is O=C(CSc1cc2ccccc2[nH]1)N1CCNCC1. The second-order valence-electron chi connectivity index (χ2n) is 4.64. The topological polar surface area (TPSA) is 48.1 Å². The number of para-hydroxylation sites is 1. The van der Waals surface area contributed by atoms with E-state index in [1.165, 1.54) is 5.39 Å². The first-order valence-electron chi connectivity index (χ1n) is 6.52. The number of carbonyl (C=O) groups excluding carboxylic acids is 1. The molecule has 2 N–H and O–H groups in total. The number of piperazine rings is 1. The minimum Gasteiger partial charge on any atom is -0.350 e. The van der Waals surface area contributed by atoms with Crippen LogP contribution in [0.5, 0.6) is 0 Å². The molecule has 1 amide bonds. The molecule has 5 heteroatoms. The van der Waals surface area contributed by atoms with Crippen molar-refractivity contribution in [2.45, 2.75) is 5.03 Å². The third kappa shape index (κ3) is 2.93. The number of amides is 1. The molecule has 1 fully saturated rings. The Labute approximate surface area is 116 Å². The van der Waals surface area contributed by atoms with E-state index in [0.29, 0.717) is 5.75 Å². The smallest absolute Gasteiger partial charge is 0.233 e. The lowest BCUT2D eigenvalue weighted by molar-refractivity contribution is -0.128. The second-order valence-corrected chi connectivity index (χ2v) is 5.66. The van der Waals surface area contributed by atoms with Crippen LogP contribution < -0.4 is 5.32 Å². The van der Waals surface area contributed by atoms with Gasteiger partial charge in [-0.3, -0.25) is 4.79 Å². The molecule has 19 heavy (non-hydrogen) atoms. The Morgan fingerprint density at radius 1 is 1.26 bits per heavy atom. The zero-order valence-electron chi connectivity index (χ0n) is 10.7. The Morgan fingerprint density at radius 2 is 2.05 bits per heavy atom. The van der Waals surface area contributed by atoms with Crippen LogP contribution in [0.25, 0.3) is 10.9 Å². The van der Waals surface area contributed by atoms with Crippen LogP contribution in [-0.2, 0) is 4.79 Å². The van der Waals surface area contributed by atoms with E-state index in [2.05, 4.69) is 28.5 Å². The van der Waals surface area contributed by atoms with E-state index in [-0.39, 0.29) is 5.91 Å². The summed E-state index contributed by atoms with van der Waals surface area (Å²) >= 11 is 1.58. The van der Waals surface area contributed by atoms with E-state index >= 15 is 0 Å². The van der Waals surface area contributed by atoms with Gasteiger partial charge in [0, 0.05) is 37.1 Å². The van der Waals surface area contributed by atoms with Gasteiger partial charge in [0.05, 0.1) is 10.8 Å². The molecule has 1 saturated heterocycles. The molecule has 0 bridgehead atoms. The maximum Gasteiger partial charge on any atom is 0.233 e. The van der Waals surface area contributed by atoms with E-state index in [0.717, 1.165) is 36.7 Å². The van der Waals surface area contributed by atoms with E-state index in [1.807, 2.05) is 17.0 Å². The van der Waals surface area contributed by atoms with Crippen LogP contribution >= 0.6 is 11.8 Å². The minimum atomic E-state index is 0.227. The maximum absolute atomic E-state index is 12.1. The maximum atomic E-state index is 12.1. The van der Waals surface area contributed by atoms with Crippen LogP contribution in [0.15, 0.2) is 35.4 Å². The van der Waals surface area contributed by atoms with Crippen LogP contribution in [0.4, 0.5) is 0 Å². The van der Waals surface area contributed by atoms with Crippen molar-refractivity contribution in [2.24, 2.45) is 0 Å². The summed E-state index contributed by atoms with van der Waals surface area (Å²) in [5.74, 6) is 0.734. The normalized spacial score (nSPS) is 15.9. The van der Waals surface area contributed by atoms with E-state index in [1.54, 1.807) is 11.8 Å². The number of aromatic nitrogens is 1. The van der Waals surface area contributed by atoms with Crippen molar-refractivity contribution in [3.8, 4) is 0 Å². The van der Waals surface area contributed by atoms with Crippen molar-refractivity contribution in [3.63, 3.8) is 0 Å². The van der Waals surface area contributed by atoms with Gasteiger partial charge in [-0.2, -0.15) is 0 Å². The molecule has 4 nitrogen and oxygen atoms in total. The molecule has 0 atom stereocenters. The number of rotatable bonds is 3. The summed E-state index contributed by atoms with van der Waals surface area (Å²) in [7, 11) is 0. The second kappa shape index (κ2) is 5.67. The molecule has 1 aromatic carbocycles. The van der Waals surface area contributed by atoms with E-state index < -0.39 is 0 Å². The van der Waals surface area contributed by atoms with Gasteiger partial charge in [0.1, 0.15) is 0 Å². The summed E-state index contributed by atoms with van der Waals surface area (Å²) in [6.07, 6.45) is 0. The van der Waals surface area contributed by atoms with E-state index in [4.69, 9.17) is 0 Å². The molecule has 3 rings (SSSR count). The fourth-order valence-corrected chi connectivity index (χ4v) is 3.12. The molecule has 1 aromatic heterocycles. The van der Waals surface area contributed by atoms with Gasteiger partial charge in [-0.05, 0) is 12.1 Å². The van der Waals surface area contributed by atoms with Crippen molar-refractivity contribution in [3.05, 3.63) is 30.3 Å². The van der Waals surface area contributed by atoms with Crippen LogP contribution in [0.2, 0.25) is 0 Å². The molecule has 2 aromatic rings. The van der Waals surface area contributed by atoms with Crippen LogP contribution in [-0.4, -0.2) is 47.7 Å². The van der Waals surface area contributed by atoms with Gasteiger partial charge in [-0.1, -0.05) is 30.0 Å². The van der Waals surface area contributed by atoms with Crippen molar-refractivity contribution in [1.29, 1.82) is 0 Å². The Balaban J connectivity index is 1.60. The Bertz CT molecular complexity index is 542. The first kappa shape index (κ1) is 12.6. The summed E-state index contributed by atoms with van der Waals surface area (Å²) in [6.45, 7) is 3.46. The molecule has 0 radical (unpaired) electrons. The van der Waals surface area contributed by atoms with Crippen LogP contribution in [0.3, 0.4) is 0 Å². The zero-order valence-corrected chi connectivity index (χ0v) is 11.5. The highest BCUT2D eigenvalue weighted by Gasteiger charge is 2.16. The molecule has 1 aliphatic rings. The number of hydrogen-bond acceptors (Lipinski definition) is 3. The molecule has 0 aliphatic carbocycles. The third-order valence-electron chi connectivity index (χ3n) is 3.33. The number of nitrogens with one attached hydrogen (secondary N) is 2.